The van der Waals surface area contributed by atoms with Crippen LogP contribution in [0.1, 0.15) is 29.3 Å². The summed E-state index contributed by atoms with van der Waals surface area (Å²) in [4.78, 5) is 4.15. The number of aryl methyl sites for hydroxylation is 1. The maximum Gasteiger partial charge on any atom is 0.0965 e. The van der Waals surface area contributed by atoms with Crippen molar-refractivity contribution in [2.24, 2.45) is 0 Å². The van der Waals surface area contributed by atoms with Crippen LogP contribution in [0.25, 0.3) is 0 Å². The minimum Gasteiger partial charge on any atom is -0.387 e. The molecule has 58 valence electrons. The largest absolute Gasteiger partial charge is 0.387 e. The fourth-order valence-corrected chi connectivity index (χ4v) is 1.64. The van der Waals surface area contributed by atoms with Crippen LogP contribution in [0.4, 0.5) is 0 Å². The van der Waals surface area contributed by atoms with Gasteiger partial charge in [-0.05, 0) is 37.0 Å². The Labute approximate surface area is 65.9 Å². The number of aliphatic hydroxyl groups excluding tert-OH is 1. The van der Waals surface area contributed by atoms with Gasteiger partial charge in [-0.1, -0.05) is 0 Å². The van der Waals surface area contributed by atoms with Gasteiger partial charge in [-0.3, -0.25) is 4.98 Å². The van der Waals surface area contributed by atoms with Crippen molar-refractivity contribution in [1.82, 2.24) is 4.98 Å². The molecule has 0 spiro atoms. The van der Waals surface area contributed by atoms with E-state index in [1.54, 1.807) is 6.20 Å². The third-order valence-corrected chi connectivity index (χ3v) is 2.31. The minimum atomic E-state index is -0.315. The second kappa shape index (κ2) is 2.31. The van der Waals surface area contributed by atoms with Gasteiger partial charge in [-0.2, -0.15) is 0 Å². The fourth-order valence-electron chi connectivity index (χ4n) is 1.64. The Bertz CT molecular complexity index is 283. The Morgan fingerprint density at radius 3 is 3.18 bits per heavy atom. The van der Waals surface area contributed by atoms with Gasteiger partial charge in [0.25, 0.3) is 0 Å². The monoisotopic (exact) mass is 149 g/mol. The van der Waals surface area contributed by atoms with E-state index in [0.29, 0.717) is 0 Å². The van der Waals surface area contributed by atoms with Crippen molar-refractivity contribution in [1.29, 1.82) is 0 Å². The molecule has 1 atom stereocenters. The number of fused-ring (bicyclic) bond motifs is 1. The highest BCUT2D eigenvalue weighted by Crippen LogP contribution is 2.30. The Balaban J connectivity index is 2.57. The SMILES string of the molecule is Cc1ccnc2c1CCC2O. The first-order valence-corrected chi connectivity index (χ1v) is 3.91. The number of hydrogen-bond acceptors (Lipinski definition) is 2. The lowest BCUT2D eigenvalue weighted by Gasteiger charge is -2.02. The third-order valence-electron chi connectivity index (χ3n) is 2.31. The lowest BCUT2D eigenvalue weighted by molar-refractivity contribution is 0.176. The molecular weight excluding hydrogens is 138 g/mol. The van der Waals surface area contributed by atoms with Gasteiger partial charge in [0.05, 0.1) is 11.8 Å². The first kappa shape index (κ1) is 6.80. The van der Waals surface area contributed by atoms with Crippen LogP contribution < -0.4 is 0 Å². The molecule has 2 nitrogen and oxygen atoms in total. The molecule has 2 heteroatoms. The lowest BCUT2D eigenvalue weighted by Crippen LogP contribution is -1.94. The van der Waals surface area contributed by atoms with Gasteiger partial charge >= 0.3 is 0 Å². The standard InChI is InChI=1S/C9H11NO/c1-6-4-5-10-9-7(6)2-3-8(9)11/h4-5,8,11H,2-3H2,1H3. The Hall–Kier alpha value is -0.890. The molecule has 1 unspecified atom stereocenters. The quantitative estimate of drug-likeness (QED) is 0.604. The number of hydrogen-bond donors (Lipinski definition) is 1. The molecule has 0 aromatic carbocycles. The molecule has 1 aliphatic rings. The molecular formula is C9H11NO. The minimum absolute atomic E-state index is 0.315. The summed E-state index contributed by atoms with van der Waals surface area (Å²) in [5.41, 5.74) is 3.40. The zero-order valence-corrected chi connectivity index (χ0v) is 6.54. The van der Waals surface area contributed by atoms with E-state index in [1.807, 2.05) is 6.07 Å². The highest BCUT2D eigenvalue weighted by atomic mass is 16.3. The highest BCUT2D eigenvalue weighted by Gasteiger charge is 2.22. The molecule has 2 rings (SSSR count). The second-order valence-electron chi connectivity index (χ2n) is 3.05. The molecule has 1 N–H and O–H groups in total. The molecule has 0 saturated carbocycles. The smallest absolute Gasteiger partial charge is 0.0965 e. The van der Waals surface area contributed by atoms with Crippen LogP contribution in [0.5, 0.6) is 0 Å². The van der Waals surface area contributed by atoms with Gasteiger partial charge in [0.15, 0.2) is 0 Å². The average molecular weight is 149 g/mol. The van der Waals surface area contributed by atoms with Crippen LogP contribution in [0.15, 0.2) is 12.3 Å². The molecule has 1 heterocycles. The van der Waals surface area contributed by atoms with Gasteiger partial charge in [0.1, 0.15) is 0 Å². The summed E-state index contributed by atoms with van der Waals surface area (Å²) in [6.07, 6.45) is 3.27. The van der Waals surface area contributed by atoms with E-state index in [1.165, 1.54) is 11.1 Å². The van der Waals surface area contributed by atoms with Crippen LogP contribution in [0.2, 0.25) is 0 Å². The molecule has 0 amide bonds. The van der Waals surface area contributed by atoms with E-state index in [-0.39, 0.29) is 6.10 Å². The predicted octanol–water partition coefficient (Wildman–Crippen LogP) is 1.37. The van der Waals surface area contributed by atoms with Crippen molar-refractivity contribution >= 4 is 0 Å². The summed E-state index contributed by atoms with van der Waals surface area (Å²) in [6, 6.07) is 2.00. The molecule has 0 aliphatic heterocycles. The summed E-state index contributed by atoms with van der Waals surface area (Å²) in [5.74, 6) is 0. The van der Waals surface area contributed by atoms with Crippen molar-refractivity contribution in [2.45, 2.75) is 25.9 Å². The third kappa shape index (κ3) is 0.942. The Morgan fingerprint density at radius 1 is 1.64 bits per heavy atom. The summed E-state index contributed by atoms with van der Waals surface area (Å²) >= 11 is 0. The molecule has 0 bridgehead atoms. The van der Waals surface area contributed by atoms with Crippen molar-refractivity contribution in [3.63, 3.8) is 0 Å². The molecule has 11 heavy (non-hydrogen) atoms. The number of rotatable bonds is 0. The first-order chi connectivity index (χ1) is 5.29. The zero-order valence-electron chi connectivity index (χ0n) is 6.54. The Morgan fingerprint density at radius 2 is 2.45 bits per heavy atom. The van der Waals surface area contributed by atoms with Crippen LogP contribution >= 0.6 is 0 Å². The van der Waals surface area contributed by atoms with Crippen LogP contribution in [0, 0.1) is 6.92 Å². The average Bonchev–Trinajstić information content (AvgIpc) is 2.35. The lowest BCUT2D eigenvalue weighted by atomic mass is 10.1. The zero-order chi connectivity index (χ0) is 7.84. The second-order valence-corrected chi connectivity index (χ2v) is 3.05. The van der Waals surface area contributed by atoms with E-state index in [9.17, 15) is 5.11 Å². The number of pyridine rings is 1. The summed E-state index contributed by atoms with van der Waals surface area (Å²) in [6.45, 7) is 2.07. The van der Waals surface area contributed by atoms with E-state index in [2.05, 4.69) is 11.9 Å². The van der Waals surface area contributed by atoms with E-state index < -0.39 is 0 Å². The highest BCUT2D eigenvalue weighted by molar-refractivity contribution is 5.33. The van der Waals surface area contributed by atoms with Crippen LogP contribution in [0.3, 0.4) is 0 Å². The molecule has 0 fully saturated rings. The predicted molar refractivity (Wildman–Crippen MR) is 42.3 cm³/mol. The summed E-state index contributed by atoms with van der Waals surface area (Å²) in [7, 11) is 0. The maximum absolute atomic E-state index is 9.44. The van der Waals surface area contributed by atoms with Crippen LogP contribution in [-0.2, 0) is 6.42 Å². The van der Waals surface area contributed by atoms with Crippen LogP contribution in [-0.4, -0.2) is 10.1 Å². The maximum atomic E-state index is 9.44. The number of nitrogens with zero attached hydrogens (tertiary/aromatic N) is 1. The summed E-state index contributed by atoms with van der Waals surface area (Å²) in [5, 5.41) is 9.44. The molecule has 1 aliphatic carbocycles. The number of aliphatic hydroxyl groups is 1. The van der Waals surface area contributed by atoms with E-state index in [0.717, 1.165) is 18.5 Å². The Kier molecular flexibility index (Phi) is 1.43. The first-order valence-electron chi connectivity index (χ1n) is 3.91. The molecule has 1 aromatic rings. The van der Waals surface area contributed by atoms with Crippen molar-refractivity contribution in [3.8, 4) is 0 Å². The van der Waals surface area contributed by atoms with Crippen molar-refractivity contribution in [2.75, 3.05) is 0 Å². The summed E-state index contributed by atoms with van der Waals surface area (Å²) < 4.78 is 0. The topological polar surface area (TPSA) is 33.1 Å². The normalized spacial score (nSPS) is 21.8. The molecule has 0 saturated heterocycles. The van der Waals surface area contributed by atoms with Crippen molar-refractivity contribution in [3.05, 3.63) is 29.1 Å². The van der Waals surface area contributed by atoms with Gasteiger partial charge < -0.3 is 5.11 Å². The van der Waals surface area contributed by atoms with E-state index in [4.69, 9.17) is 0 Å². The number of aromatic nitrogens is 1. The van der Waals surface area contributed by atoms with E-state index >= 15 is 0 Å². The van der Waals surface area contributed by atoms with Crippen molar-refractivity contribution < 1.29 is 5.11 Å². The fraction of sp³-hybridized carbons (Fsp3) is 0.444. The molecule has 1 aromatic heterocycles. The van der Waals surface area contributed by atoms with Gasteiger partial charge in [0, 0.05) is 6.20 Å². The van der Waals surface area contributed by atoms with Gasteiger partial charge in [0.2, 0.25) is 0 Å². The van der Waals surface area contributed by atoms with Gasteiger partial charge in [-0.15, -0.1) is 0 Å². The molecule has 0 radical (unpaired) electrons. The van der Waals surface area contributed by atoms with Gasteiger partial charge in [-0.25, -0.2) is 0 Å².